The van der Waals surface area contributed by atoms with Crippen molar-refractivity contribution in [2.24, 2.45) is 5.73 Å². The molecule has 2 aromatic heterocycles. The number of halogens is 1. The Kier molecular flexibility index (Phi) is 4.84. The lowest BCUT2D eigenvalue weighted by Gasteiger charge is -2.02. The van der Waals surface area contributed by atoms with E-state index < -0.39 is 0 Å². The molecule has 0 saturated heterocycles. The number of nitrogens with zero attached hydrogens (tertiary/aromatic N) is 2. The number of nitrogens with one attached hydrogen (secondary N) is 1. The molecule has 0 radical (unpaired) electrons. The predicted octanol–water partition coefficient (Wildman–Crippen LogP) is 3.34. The first-order chi connectivity index (χ1) is 11.2. The van der Waals surface area contributed by atoms with Crippen LogP contribution in [0.4, 0.5) is 5.69 Å². The third-order valence-electron chi connectivity index (χ3n) is 3.73. The van der Waals surface area contributed by atoms with Crippen LogP contribution < -0.4 is 11.1 Å². The van der Waals surface area contributed by atoms with Gasteiger partial charge in [0, 0.05) is 29.5 Å². The molecular formula is C16H17ClN4O2S. The largest absolute Gasteiger partial charge is 0.440 e. The Labute approximate surface area is 148 Å². The van der Waals surface area contributed by atoms with Crippen LogP contribution in [-0.2, 0) is 6.42 Å². The summed E-state index contributed by atoms with van der Waals surface area (Å²) >= 11 is 1.45. The van der Waals surface area contributed by atoms with Crippen LogP contribution in [-0.4, -0.2) is 22.4 Å². The number of anilines is 1. The molecule has 2 heterocycles. The maximum Gasteiger partial charge on any atom is 0.275 e. The number of benzene rings is 1. The second kappa shape index (κ2) is 6.88. The van der Waals surface area contributed by atoms with E-state index >= 15 is 0 Å². The number of thiazole rings is 1. The fourth-order valence-electron chi connectivity index (χ4n) is 2.37. The lowest BCUT2D eigenvalue weighted by molar-refractivity contribution is 0.102. The number of hydrogen-bond acceptors (Lipinski definition) is 6. The SMILES string of the molecule is Cl.NCCc1nc(C(=O)Nc2ccc3nc(C4CC4)oc3c2)cs1. The van der Waals surface area contributed by atoms with Gasteiger partial charge in [0.05, 0.1) is 5.01 Å². The first kappa shape index (κ1) is 16.9. The summed E-state index contributed by atoms with van der Waals surface area (Å²) < 4.78 is 5.77. The molecule has 0 unspecified atom stereocenters. The summed E-state index contributed by atoms with van der Waals surface area (Å²) in [6.07, 6.45) is 2.97. The zero-order valence-corrected chi connectivity index (χ0v) is 14.5. The molecule has 126 valence electrons. The average molecular weight is 365 g/mol. The number of aromatic nitrogens is 2. The van der Waals surface area contributed by atoms with E-state index in [0.29, 0.717) is 35.8 Å². The third-order valence-corrected chi connectivity index (χ3v) is 4.64. The van der Waals surface area contributed by atoms with Gasteiger partial charge in [0.1, 0.15) is 11.2 Å². The van der Waals surface area contributed by atoms with Gasteiger partial charge in [0.25, 0.3) is 5.91 Å². The molecule has 3 aromatic rings. The number of amides is 1. The molecule has 1 aromatic carbocycles. The molecule has 0 spiro atoms. The van der Waals surface area contributed by atoms with Crippen LogP contribution >= 0.6 is 23.7 Å². The van der Waals surface area contributed by atoms with Gasteiger partial charge in [-0.05, 0) is 31.5 Å². The van der Waals surface area contributed by atoms with Gasteiger partial charge in [0.15, 0.2) is 11.5 Å². The van der Waals surface area contributed by atoms with Crippen molar-refractivity contribution in [3.05, 3.63) is 40.2 Å². The predicted molar refractivity (Wildman–Crippen MR) is 96.1 cm³/mol. The Morgan fingerprint density at radius 2 is 2.21 bits per heavy atom. The monoisotopic (exact) mass is 364 g/mol. The fourth-order valence-corrected chi connectivity index (χ4v) is 3.17. The van der Waals surface area contributed by atoms with Crippen molar-refractivity contribution >= 4 is 46.4 Å². The zero-order chi connectivity index (χ0) is 15.8. The molecule has 0 aliphatic heterocycles. The van der Waals surface area contributed by atoms with E-state index in [2.05, 4.69) is 15.3 Å². The molecular weight excluding hydrogens is 348 g/mol. The van der Waals surface area contributed by atoms with Crippen molar-refractivity contribution < 1.29 is 9.21 Å². The maximum atomic E-state index is 12.2. The van der Waals surface area contributed by atoms with E-state index in [0.717, 1.165) is 29.3 Å². The summed E-state index contributed by atoms with van der Waals surface area (Å²) in [7, 11) is 0. The molecule has 24 heavy (non-hydrogen) atoms. The molecule has 1 amide bonds. The van der Waals surface area contributed by atoms with Gasteiger partial charge in [0.2, 0.25) is 0 Å². The lowest BCUT2D eigenvalue weighted by Crippen LogP contribution is -2.12. The summed E-state index contributed by atoms with van der Waals surface area (Å²) in [5.74, 6) is 1.04. The van der Waals surface area contributed by atoms with Crippen LogP contribution in [0.25, 0.3) is 11.1 Å². The van der Waals surface area contributed by atoms with Crippen molar-refractivity contribution in [1.82, 2.24) is 9.97 Å². The van der Waals surface area contributed by atoms with Crippen LogP contribution in [0.3, 0.4) is 0 Å². The van der Waals surface area contributed by atoms with Crippen LogP contribution in [0.1, 0.15) is 40.1 Å². The van der Waals surface area contributed by atoms with Crippen LogP contribution in [0.15, 0.2) is 28.0 Å². The highest BCUT2D eigenvalue weighted by Crippen LogP contribution is 2.40. The van der Waals surface area contributed by atoms with E-state index in [9.17, 15) is 4.79 Å². The smallest absolute Gasteiger partial charge is 0.275 e. The molecule has 4 rings (SSSR count). The number of hydrogen-bond donors (Lipinski definition) is 2. The highest BCUT2D eigenvalue weighted by Gasteiger charge is 2.28. The van der Waals surface area contributed by atoms with Crippen LogP contribution in [0.2, 0.25) is 0 Å². The fraction of sp³-hybridized carbons (Fsp3) is 0.312. The Morgan fingerprint density at radius 1 is 1.38 bits per heavy atom. The number of carbonyl (C=O) groups excluding carboxylic acids is 1. The molecule has 1 aliphatic rings. The molecule has 1 saturated carbocycles. The quantitative estimate of drug-likeness (QED) is 0.724. The number of fused-ring (bicyclic) bond motifs is 1. The second-order valence-corrected chi connectivity index (χ2v) is 6.57. The Balaban J connectivity index is 0.00000169. The standard InChI is InChI=1S/C16H16N4O2S.ClH/c17-6-5-14-19-12(8-23-14)15(21)18-10-3-4-11-13(7-10)22-16(20-11)9-1-2-9;/h3-4,7-9H,1-2,5-6,17H2,(H,18,21);1H. The normalized spacial score (nSPS) is 13.7. The number of rotatable bonds is 5. The summed E-state index contributed by atoms with van der Waals surface area (Å²) in [6.45, 7) is 0.528. The van der Waals surface area contributed by atoms with Gasteiger partial charge in [-0.25, -0.2) is 9.97 Å². The van der Waals surface area contributed by atoms with Gasteiger partial charge in [-0.2, -0.15) is 0 Å². The molecule has 0 bridgehead atoms. The van der Waals surface area contributed by atoms with Gasteiger partial charge >= 0.3 is 0 Å². The Hall–Kier alpha value is -1.96. The molecule has 0 atom stereocenters. The number of carbonyl (C=O) groups is 1. The van der Waals surface area contributed by atoms with E-state index in [1.807, 2.05) is 12.1 Å². The minimum atomic E-state index is -0.231. The minimum Gasteiger partial charge on any atom is -0.440 e. The van der Waals surface area contributed by atoms with Gasteiger partial charge in [-0.3, -0.25) is 4.79 Å². The second-order valence-electron chi connectivity index (χ2n) is 5.63. The number of oxazole rings is 1. The van der Waals surface area contributed by atoms with E-state index in [4.69, 9.17) is 10.2 Å². The zero-order valence-electron chi connectivity index (χ0n) is 12.8. The summed E-state index contributed by atoms with van der Waals surface area (Å²) in [5, 5.41) is 5.47. The number of nitrogens with two attached hydrogens (primary N) is 1. The van der Waals surface area contributed by atoms with Gasteiger partial charge in [-0.1, -0.05) is 0 Å². The first-order valence-electron chi connectivity index (χ1n) is 7.59. The van der Waals surface area contributed by atoms with Gasteiger partial charge < -0.3 is 15.5 Å². The highest BCUT2D eigenvalue weighted by atomic mass is 35.5. The topological polar surface area (TPSA) is 94.0 Å². The maximum absolute atomic E-state index is 12.2. The average Bonchev–Trinajstić information content (AvgIpc) is 3.13. The highest BCUT2D eigenvalue weighted by molar-refractivity contribution is 7.09. The lowest BCUT2D eigenvalue weighted by atomic mass is 10.3. The molecule has 1 fully saturated rings. The molecule has 6 nitrogen and oxygen atoms in total. The van der Waals surface area contributed by atoms with Crippen molar-refractivity contribution in [2.45, 2.75) is 25.2 Å². The van der Waals surface area contributed by atoms with Crippen molar-refractivity contribution in [2.75, 3.05) is 11.9 Å². The summed E-state index contributed by atoms with van der Waals surface area (Å²) in [5.41, 5.74) is 8.11. The first-order valence-corrected chi connectivity index (χ1v) is 8.47. The van der Waals surface area contributed by atoms with Crippen molar-refractivity contribution in [3.63, 3.8) is 0 Å². The molecule has 3 N–H and O–H groups in total. The van der Waals surface area contributed by atoms with Crippen LogP contribution in [0.5, 0.6) is 0 Å². The van der Waals surface area contributed by atoms with Crippen molar-refractivity contribution in [1.29, 1.82) is 0 Å². The third kappa shape index (κ3) is 3.43. The molecule has 1 aliphatic carbocycles. The Morgan fingerprint density at radius 3 is 2.96 bits per heavy atom. The summed E-state index contributed by atoms with van der Waals surface area (Å²) in [4.78, 5) is 21.0. The molecule has 8 heteroatoms. The van der Waals surface area contributed by atoms with Crippen LogP contribution in [0, 0.1) is 0 Å². The van der Waals surface area contributed by atoms with Gasteiger partial charge in [-0.15, -0.1) is 23.7 Å². The van der Waals surface area contributed by atoms with Crippen molar-refractivity contribution in [3.8, 4) is 0 Å². The van der Waals surface area contributed by atoms with E-state index in [1.54, 1.807) is 11.4 Å². The summed E-state index contributed by atoms with van der Waals surface area (Å²) in [6, 6.07) is 5.49. The van der Waals surface area contributed by atoms with E-state index in [-0.39, 0.29) is 18.3 Å². The Bertz CT molecular complexity index is 872. The van der Waals surface area contributed by atoms with E-state index in [1.165, 1.54) is 11.3 Å². The minimum absolute atomic E-state index is 0.